The lowest BCUT2D eigenvalue weighted by atomic mass is 10.3. The topological polar surface area (TPSA) is 56.7 Å². The fourth-order valence-electron chi connectivity index (χ4n) is 1.18. The summed E-state index contributed by atoms with van der Waals surface area (Å²) in [7, 11) is 0. The average molecular weight is 220 g/mol. The summed E-state index contributed by atoms with van der Waals surface area (Å²) in [5, 5.41) is 2.51. The van der Waals surface area contributed by atoms with E-state index in [-0.39, 0.29) is 0 Å². The molecule has 2 aromatic heterocycles. The molecule has 0 aliphatic rings. The van der Waals surface area contributed by atoms with Crippen molar-refractivity contribution >= 4 is 28.6 Å². The van der Waals surface area contributed by atoms with E-state index in [4.69, 9.17) is 5.73 Å². The SMILES string of the molecule is CCn1cnc(/C=C/c2csc(N)n2)c1. The Labute approximate surface area is 92.1 Å². The van der Waals surface area contributed by atoms with Crippen molar-refractivity contribution in [2.24, 2.45) is 0 Å². The van der Waals surface area contributed by atoms with Gasteiger partial charge in [-0.2, -0.15) is 0 Å². The Morgan fingerprint density at radius 2 is 2.27 bits per heavy atom. The van der Waals surface area contributed by atoms with Gasteiger partial charge in [0.1, 0.15) is 0 Å². The van der Waals surface area contributed by atoms with Gasteiger partial charge in [-0.15, -0.1) is 11.3 Å². The van der Waals surface area contributed by atoms with Crippen LogP contribution in [-0.2, 0) is 6.54 Å². The number of nitrogen functional groups attached to an aromatic ring is 1. The average Bonchev–Trinajstić information content (AvgIpc) is 2.83. The summed E-state index contributed by atoms with van der Waals surface area (Å²) in [5.74, 6) is 0. The smallest absolute Gasteiger partial charge is 0.180 e. The Kier molecular flexibility index (Phi) is 2.82. The number of imidazole rings is 1. The van der Waals surface area contributed by atoms with Crippen molar-refractivity contribution in [1.29, 1.82) is 0 Å². The molecule has 0 saturated carbocycles. The van der Waals surface area contributed by atoms with Crippen LogP contribution >= 0.6 is 11.3 Å². The zero-order valence-corrected chi connectivity index (χ0v) is 9.24. The molecule has 0 aliphatic carbocycles. The summed E-state index contributed by atoms with van der Waals surface area (Å²) >= 11 is 1.44. The van der Waals surface area contributed by atoms with Gasteiger partial charge in [-0.05, 0) is 19.1 Å². The molecule has 2 rings (SSSR count). The van der Waals surface area contributed by atoms with E-state index in [0.29, 0.717) is 5.13 Å². The van der Waals surface area contributed by atoms with Crippen LogP contribution in [-0.4, -0.2) is 14.5 Å². The lowest BCUT2D eigenvalue weighted by molar-refractivity contribution is 0.761. The standard InChI is InChI=1S/C10H12N4S/c1-2-14-5-8(12-7-14)3-4-9-6-15-10(11)13-9/h3-7H,2H2,1H3,(H2,11,13)/b4-3+. The molecule has 0 bridgehead atoms. The Balaban J connectivity index is 2.11. The van der Waals surface area contributed by atoms with E-state index in [2.05, 4.69) is 16.9 Å². The second-order valence-electron chi connectivity index (χ2n) is 3.07. The highest BCUT2D eigenvalue weighted by molar-refractivity contribution is 7.13. The number of thiazole rings is 1. The van der Waals surface area contributed by atoms with Crippen LogP contribution in [0, 0.1) is 0 Å². The van der Waals surface area contributed by atoms with Crippen molar-refractivity contribution in [2.75, 3.05) is 5.73 Å². The Bertz CT molecular complexity index is 469. The van der Waals surface area contributed by atoms with Crippen molar-refractivity contribution in [1.82, 2.24) is 14.5 Å². The van der Waals surface area contributed by atoms with Crippen LogP contribution in [0.1, 0.15) is 18.3 Å². The number of aromatic nitrogens is 3. The number of aryl methyl sites for hydroxylation is 1. The second-order valence-corrected chi connectivity index (χ2v) is 3.96. The first-order valence-corrected chi connectivity index (χ1v) is 5.56. The number of hydrogen-bond donors (Lipinski definition) is 1. The minimum atomic E-state index is 0.591. The molecule has 0 unspecified atom stereocenters. The van der Waals surface area contributed by atoms with Crippen molar-refractivity contribution in [3.8, 4) is 0 Å². The summed E-state index contributed by atoms with van der Waals surface area (Å²) in [6.07, 6.45) is 7.65. The summed E-state index contributed by atoms with van der Waals surface area (Å²) < 4.78 is 2.02. The van der Waals surface area contributed by atoms with Crippen LogP contribution in [0.3, 0.4) is 0 Å². The fraction of sp³-hybridized carbons (Fsp3) is 0.200. The quantitative estimate of drug-likeness (QED) is 0.862. The summed E-state index contributed by atoms with van der Waals surface area (Å²) in [6.45, 7) is 3.01. The third kappa shape index (κ3) is 2.44. The van der Waals surface area contributed by atoms with Crippen molar-refractivity contribution in [3.63, 3.8) is 0 Å². The molecule has 2 N–H and O–H groups in total. The van der Waals surface area contributed by atoms with E-state index >= 15 is 0 Å². The van der Waals surface area contributed by atoms with E-state index in [1.165, 1.54) is 11.3 Å². The van der Waals surface area contributed by atoms with Crippen LogP contribution in [0.4, 0.5) is 5.13 Å². The molecular formula is C10H12N4S. The summed E-state index contributed by atoms with van der Waals surface area (Å²) in [4.78, 5) is 8.36. The van der Waals surface area contributed by atoms with Gasteiger partial charge >= 0.3 is 0 Å². The van der Waals surface area contributed by atoms with Gasteiger partial charge in [-0.25, -0.2) is 9.97 Å². The number of nitrogens with zero attached hydrogens (tertiary/aromatic N) is 3. The maximum atomic E-state index is 5.53. The number of anilines is 1. The molecule has 2 heterocycles. The van der Waals surface area contributed by atoms with Crippen LogP contribution in [0.25, 0.3) is 12.2 Å². The molecule has 0 saturated heterocycles. The zero-order valence-electron chi connectivity index (χ0n) is 8.42. The number of rotatable bonds is 3. The molecule has 0 spiro atoms. The van der Waals surface area contributed by atoms with E-state index in [1.54, 1.807) is 0 Å². The molecule has 2 aromatic rings. The molecule has 0 amide bonds. The predicted octanol–water partition coefficient (Wildman–Crippen LogP) is 2.11. The second kappa shape index (κ2) is 4.27. The molecule has 0 fully saturated rings. The van der Waals surface area contributed by atoms with Gasteiger partial charge in [0, 0.05) is 18.1 Å². The molecule has 4 nitrogen and oxygen atoms in total. The van der Waals surface area contributed by atoms with E-state index < -0.39 is 0 Å². The normalized spacial score (nSPS) is 11.3. The van der Waals surface area contributed by atoms with Gasteiger partial charge in [0.15, 0.2) is 5.13 Å². The molecule has 0 aromatic carbocycles. The third-order valence-corrected chi connectivity index (χ3v) is 2.68. The predicted molar refractivity (Wildman–Crippen MR) is 63.4 cm³/mol. The van der Waals surface area contributed by atoms with Crippen LogP contribution in [0.15, 0.2) is 17.9 Å². The fourth-order valence-corrected chi connectivity index (χ4v) is 1.72. The van der Waals surface area contributed by atoms with Gasteiger partial charge in [0.25, 0.3) is 0 Å². The van der Waals surface area contributed by atoms with Crippen LogP contribution < -0.4 is 5.73 Å². The van der Waals surface area contributed by atoms with Gasteiger partial charge < -0.3 is 10.3 Å². The highest BCUT2D eigenvalue weighted by Crippen LogP contribution is 2.13. The first-order valence-electron chi connectivity index (χ1n) is 4.69. The van der Waals surface area contributed by atoms with Crippen molar-refractivity contribution in [2.45, 2.75) is 13.5 Å². The number of hydrogen-bond acceptors (Lipinski definition) is 4. The van der Waals surface area contributed by atoms with Gasteiger partial charge in [0.05, 0.1) is 17.7 Å². The largest absolute Gasteiger partial charge is 0.375 e. The maximum absolute atomic E-state index is 5.53. The molecule has 0 radical (unpaired) electrons. The Morgan fingerprint density at radius 3 is 2.87 bits per heavy atom. The van der Waals surface area contributed by atoms with Gasteiger partial charge in [0.2, 0.25) is 0 Å². The van der Waals surface area contributed by atoms with Crippen LogP contribution in [0.2, 0.25) is 0 Å². The highest BCUT2D eigenvalue weighted by Gasteiger charge is 1.95. The van der Waals surface area contributed by atoms with E-state index in [9.17, 15) is 0 Å². The first kappa shape index (κ1) is 9.92. The maximum Gasteiger partial charge on any atom is 0.180 e. The third-order valence-electron chi connectivity index (χ3n) is 1.98. The molecule has 0 aliphatic heterocycles. The molecule has 0 atom stereocenters. The highest BCUT2D eigenvalue weighted by atomic mass is 32.1. The minimum absolute atomic E-state index is 0.591. The Hall–Kier alpha value is -1.62. The van der Waals surface area contributed by atoms with Crippen molar-refractivity contribution < 1.29 is 0 Å². The molecule has 5 heteroatoms. The monoisotopic (exact) mass is 220 g/mol. The van der Waals surface area contributed by atoms with E-state index in [0.717, 1.165) is 17.9 Å². The van der Waals surface area contributed by atoms with Gasteiger partial charge in [-0.3, -0.25) is 0 Å². The molecule has 78 valence electrons. The summed E-state index contributed by atoms with van der Waals surface area (Å²) in [5.41, 5.74) is 7.34. The minimum Gasteiger partial charge on any atom is -0.375 e. The van der Waals surface area contributed by atoms with E-state index in [1.807, 2.05) is 34.6 Å². The lowest BCUT2D eigenvalue weighted by Gasteiger charge is -1.89. The lowest BCUT2D eigenvalue weighted by Crippen LogP contribution is -1.86. The molecule has 15 heavy (non-hydrogen) atoms. The summed E-state index contributed by atoms with van der Waals surface area (Å²) in [6, 6.07) is 0. The first-order chi connectivity index (χ1) is 7.28. The zero-order chi connectivity index (χ0) is 10.7. The number of nitrogens with two attached hydrogens (primary N) is 1. The van der Waals surface area contributed by atoms with Crippen LogP contribution in [0.5, 0.6) is 0 Å². The van der Waals surface area contributed by atoms with Gasteiger partial charge in [-0.1, -0.05) is 0 Å². The van der Waals surface area contributed by atoms with Crippen molar-refractivity contribution in [3.05, 3.63) is 29.3 Å². The molecular weight excluding hydrogens is 208 g/mol. The Morgan fingerprint density at radius 1 is 1.47 bits per heavy atom.